The van der Waals surface area contributed by atoms with Gasteiger partial charge in [-0.1, -0.05) is 72.3 Å². The number of carbonyl (C=O) groups is 2. The van der Waals surface area contributed by atoms with Crippen molar-refractivity contribution in [3.8, 4) is 0 Å². The minimum atomic E-state index is 0.00579. The second-order valence-corrected chi connectivity index (χ2v) is 10.6. The van der Waals surface area contributed by atoms with Gasteiger partial charge in [-0.3, -0.25) is 9.59 Å². The van der Waals surface area contributed by atoms with Crippen molar-refractivity contribution in [2.75, 3.05) is 14.1 Å². The molecule has 0 atom stereocenters. The molecule has 0 saturated heterocycles. The Morgan fingerprint density at radius 2 is 1.56 bits per heavy atom. The largest absolute Gasteiger partial charge is 0.353 e. The standard InChI is InChI=1S/C31H35ClN2O2/c1-34(2)31(22-24-9-7-13-27(32)21-24)18-16-28(17-19-31)33-29(35)15-14-23-8-6-12-26(20-23)30(36)25-10-4-3-5-11-25/h3-13,20-21,28H,14-19,22H2,1-2H3,(H,33,35). The van der Waals surface area contributed by atoms with Crippen LogP contribution in [0.2, 0.25) is 5.02 Å². The highest BCUT2D eigenvalue weighted by Crippen LogP contribution is 2.36. The van der Waals surface area contributed by atoms with Gasteiger partial charge in [0.25, 0.3) is 0 Å². The summed E-state index contributed by atoms with van der Waals surface area (Å²) in [5.74, 6) is 0.0817. The summed E-state index contributed by atoms with van der Waals surface area (Å²) < 4.78 is 0. The van der Waals surface area contributed by atoms with Crippen LogP contribution in [0.3, 0.4) is 0 Å². The first kappa shape index (κ1) is 26.1. The molecule has 0 heterocycles. The maximum atomic E-state index is 12.7. The van der Waals surface area contributed by atoms with Crippen LogP contribution in [-0.2, 0) is 17.6 Å². The Hall–Kier alpha value is -2.95. The number of amides is 1. The maximum Gasteiger partial charge on any atom is 0.220 e. The molecule has 0 aliphatic heterocycles. The van der Waals surface area contributed by atoms with Gasteiger partial charge in [0, 0.05) is 34.2 Å². The van der Waals surface area contributed by atoms with E-state index in [1.807, 2.05) is 66.7 Å². The molecule has 4 nitrogen and oxygen atoms in total. The quantitative estimate of drug-likeness (QED) is 0.359. The van der Waals surface area contributed by atoms with Crippen molar-refractivity contribution >= 4 is 23.3 Å². The van der Waals surface area contributed by atoms with Crippen LogP contribution in [0.4, 0.5) is 0 Å². The Bertz CT molecular complexity index is 1180. The molecule has 1 N–H and O–H groups in total. The van der Waals surface area contributed by atoms with Crippen molar-refractivity contribution in [1.29, 1.82) is 0 Å². The number of ketones is 1. The molecule has 1 aliphatic carbocycles. The van der Waals surface area contributed by atoms with Crippen molar-refractivity contribution in [2.24, 2.45) is 0 Å². The first-order valence-electron chi connectivity index (χ1n) is 12.7. The van der Waals surface area contributed by atoms with Crippen LogP contribution in [0.15, 0.2) is 78.9 Å². The average Bonchev–Trinajstić information content (AvgIpc) is 2.89. The van der Waals surface area contributed by atoms with Gasteiger partial charge in [-0.15, -0.1) is 0 Å². The highest BCUT2D eigenvalue weighted by atomic mass is 35.5. The van der Waals surface area contributed by atoms with Gasteiger partial charge in [-0.2, -0.15) is 0 Å². The second kappa shape index (κ2) is 11.9. The summed E-state index contributed by atoms with van der Waals surface area (Å²) in [5.41, 5.74) is 3.67. The molecule has 0 radical (unpaired) electrons. The van der Waals surface area contributed by atoms with Crippen LogP contribution >= 0.6 is 11.6 Å². The third-order valence-corrected chi connectivity index (χ3v) is 7.75. The van der Waals surface area contributed by atoms with E-state index in [0.717, 1.165) is 42.7 Å². The molecule has 0 spiro atoms. The van der Waals surface area contributed by atoms with Crippen LogP contribution in [-0.4, -0.2) is 42.3 Å². The molecule has 1 saturated carbocycles. The molecule has 1 amide bonds. The number of benzene rings is 3. The van der Waals surface area contributed by atoms with E-state index in [0.29, 0.717) is 24.0 Å². The summed E-state index contributed by atoms with van der Waals surface area (Å²) in [4.78, 5) is 27.8. The van der Waals surface area contributed by atoms with E-state index < -0.39 is 0 Å². The molecule has 188 valence electrons. The molecule has 5 heteroatoms. The molecular weight excluding hydrogens is 468 g/mol. The SMILES string of the molecule is CN(C)C1(Cc2cccc(Cl)c2)CCC(NC(=O)CCc2cccc(C(=O)c3ccccc3)c2)CC1. The average molecular weight is 503 g/mol. The van der Waals surface area contributed by atoms with Crippen LogP contribution in [0.1, 0.15) is 59.2 Å². The zero-order chi connectivity index (χ0) is 25.5. The van der Waals surface area contributed by atoms with Gasteiger partial charge < -0.3 is 10.2 Å². The minimum Gasteiger partial charge on any atom is -0.353 e. The number of halogens is 1. The normalized spacial score (nSPS) is 19.7. The van der Waals surface area contributed by atoms with E-state index in [4.69, 9.17) is 11.6 Å². The lowest BCUT2D eigenvalue weighted by Gasteiger charge is -2.45. The lowest BCUT2D eigenvalue weighted by molar-refractivity contribution is -0.122. The van der Waals surface area contributed by atoms with Crippen molar-refractivity contribution < 1.29 is 9.59 Å². The zero-order valence-corrected chi connectivity index (χ0v) is 21.9. The maximum absolute atomic E-state index is 12.7. The van der Waals surface area contributed by atoms with E-state index in [9.17, 15) is 9.59 Å². The van der Waals surface area contributed by atoms with E-state index in [2.05, 4.69) is 36.4 Å². The number of rotatable bonds is 9. The number of aryl methyl sites for hydroxylation is 1. The fourth-order valence-corrected chi connectivity index (χ4v) is 5.50. The van der Waals surface area contributed by atoms with Crippen LogP contribution in [0.5, 0.6) is 0 Å². The molecule has 1 fully saturated rings. The first-order chi connectivity index (χ1) is 17.3. The van der Waals surface area contributed by atoms with Crippen LogP contribution in [0.25, 0.3) is 0 Å². The topological polar surface area (TPSA) is 49.4 Å². The van der Waals surface area contributed by atoms with Gasteiger partial charge in [-0.05, 0) is 81.9 Å². The predicted molar refractivity (Wildman–Crippen MR) is 147 cm³/mol. The second-order valence-electron chi connectivity index (χ2n) is 10.2. The van der Waals surface area contributed by atoms with Gasteiger partial charge in [0.1, 0.15) is 0 Å². The molecule has 1 aliphatic rings. The smallest absolute Gasteiger partial charge is 0.220 e. The predicted octanol–water partition coefficient (Wildman–Crippen LogP) is 6.11. The Balaban J connectivity index is 1.29. The molecule has 0 aromatic heterocycles. The van der Waals surface area contributed by atoms with Crippen molar-refractivity contribution in [3.63, 3.8) is 0 Å². The zero-order valence-electron chi connectivity index (χ0n) is 21.2. The van der Waals surface area contributed by atoms with Crippen molar-refractivity contribution in [2.45, 2.75) is 56.5 Å². The Morgan fingerprint density at radius 3 is 2.25 bits per heavy atom. The number of hydrogen-bond donors (Lipinski definition) is 1. The summed E-state index contributed by atoms with van der Waals surface area (Å²) in [6.07, 6.45) is 5.98. The number of nitrogens with zero attached hydrogens (tertiary/aromatic N) is 1. The summed E-state index contributed by atoms with van der Waals surface area (Å²) in [6.45, 7) is 0. The van der Waals surface area contributed by atoms with E-state index in [-0.39, 0.29) is 23.3 Å². The molecular formula is C31H35ClN2O2. The minimum absolute atomic E-state index is 0.00579. The van der Waals surface area contributed by atoms with Crippen LogP contribution in [0, 0.1) is 0 Å². The summed E-state index contributed by atoms with van der Waals surface area (Å²) in [7, 11) is 4.31. The Morgan fingerprint density at radius 1 is 0.889 bits per heavy atom. The van der Waals surface area contributed by atoms with E-state index in [1.165, 1.54) is 5.56 Å². The Kier molecular flexibility index (Phi) is 8.60. The Labute approximate surface area is 219 Å². The van der Waals surface area contributed by atoms with E-state index >= 15 is 0 Å². The summed E-state index contributed by atoms with van der Waals surface area (Å²) >= 11 is 6.22. The van der Waals surface area contributed by atoms with E-state index in [1.54, 1.807) is 0 Å². The highest BCUT2D eigenvalue weighted by molar-refractivity contribution is 6.30. The molecule has 0 unspecified atom stereocenters. The fraction of sp³-hybridized carbons (Fsp3) is 0.355. The molecule has 4 rings (SSSR count). The highest BCUT2D eigenvalue weighted by Gasteiger charge is 2.37. The van der Waals surface area contributed by atoms with Gasteiger partial charge in [0.2, 0.25) is 5.91 Å². The summed E-state index contributed by atoms with van der Waals surface area (Å²) in [6, 6.07) is 25.2. The van der Waals surface area contributed by atoms with Gasteiger partial charge in [0.15, 0.2) is 5.78 Å². The number of hydrogen-bond acceptors (Lipinski definition) is 3. The number of carbonyl (C=O) groups excluding carboxylic acids is 2. The third-order valence-electron chi connectivity index (χ3n) is 7.52. The molecule has 3 aromatic rings. The van der Waals surface area contributed by atoms with Crippen LogP contribution < -0.4 is 5.32 Å². The molecule has 36 heavy (non-hydrogen) atoms. The summed E-state index contributed by atoms with van der Waals surface area (Å²) in [5, 5.41) is 4.03. The van der Waals surface area contributed by atoms with Crippen molar-refractivity contribution in [1.82, 2.24) is 10.2 Å². The molecule has 3 aromatic carbocycles. The third kappa shape index (κ3) is 6.63. The van der Waals surface area contributed by atoms with Gasteiger partial charge in [0.05, 0.1) is 0 Å². The fourth-order valence-electron chi connectivity index (χ4n) is 5.29. The number of likely N-dealkylation sites (N-methyl/N-ethyl adjacent to an activating group) is 1. The van der Waals surface area contributed by atoms with Gasteiger partial charge in [-0.25, -0.2) is 0 Å². The first-order valence-corrected chi connectivity index (χ1v) is 13.1. The lowest BCUT2D eigenvalue weighted by atomic mass is 9.75. The monoisotopic (exact) mass is 502 g/mol. The molecule has 0 bridgehead atoms. The lowest BCUT2D eigenvalue weighted by Crippen LogP contribution is -2.52. The number of nitrogens with one attached hydrogen (secondary N) is 1. The van der Waals surface area contributed by atoms with Crippen molar-refractivity contribution in [3.05, 3.63) is 106 Å². The van der Waals surface area contributed by atoms with Gasteiger partial charge >= 0.3 is 0 Å².